The van der Waals surface area contributed by atoms with Crippen molar-refractivity contribution < 1.29 is 10.2 Å². The number of aliphatic hydroxyl groups excluding tert-OH is 2. The van der Waals surface area contributed by atoms with Crippen molar-refractivity contribution in [2.75, 3.05) is 65.0 Å². The van der Waals surface area contributed by atoms with Crippen LogP contribution in [0.2, 0.25) is 0 Å². The molecule has 0 saturated heterocycles. The van der Waals surface area contributed by atoms with Crippen molar-refractivity contribution in [2.45, 2.75) is 27.7 Å². The molecule has 0 aliphatic heterocycles. The minimum atomic E-state index is -0.544. The van der Waals surface area contributed by atoms with E-state index in [9.17, 15) is 10.2 Å². The predicted octanol–water partition coefficient (Wildman–Crippen LogP) is 9.81. The molecule has 57 heavy (non-hydrogen) atoms. The molecule has 0 aliphatic carbocycles. The second-order valence-electron chi connectivity index (χ2n) is 12.4. The first-order valence-electron chi connectivity index (χ1n) is 18.5. The minimum absolute atomic E-state index is 0.0232. The number of anilines is 7. The average molecular weight is 803 g/mol. The van der Waals surface area contributed by atoms with Gasteiger partial charge in [-0.05, 0) is 88.4 Å². The van der Waals surface area contributed by atoms with Crippen LogP contribution in [0.25, 0.3) is 20.4 Å². The Balaban J connectivity index is 1.28. The Morgan fingerprint density at radius 1 is 0.526 bits per heavy atom. The summed E-state index contributed by atoms with van der Waals surface area (Å²) >= 11 is 2.90. The van der Waals surface area contributed by atoms with Gasteiger partial charge in [0.1, 0.15) is 24.8 Å². The first kappa shape index (κ1) is 39.0. The molecule has 3 aromatic heterocycles. The number of azo groups is 2. The van der Waals surface area contributed by atoms with E-state index in [1.807, 2.05) is 84.9 Å². The Hall–Kier alpha value is -6.21. The molecule has 292 valence electrons. The van der Waals surface area contributed by atoms with Crippen molar-refractivity contribution >= 4 is 105 Å². The standard InChI is InChI=1S/C39H42N14O2S2/c1-5-51(6-2)25-17-19-27(47-49-38-42-29-13-9-11-15-33(29)56-38)31(21-25)40-35-44-36(46-37(45-35)53(23-54)24-55)41-32-22-26(52(7-3)8-4)18-20-28(32)48-50-39-43-30-14-10-12-16-34(30)57-39/h9-22,54-55H,5-8,23-24H2,1-4H3,(H2,40,41,44,45,46). The van der Waals surface area contributed by atoms with Crippen LogP contribution in [0.3, 0.4) is 0 Å². The van der Waals surface area contributed by atoms with Crippen LogP contribution >= 0.6 is 22.7 Å². The summed E-state index contributed by atoms with van der Waals surface area (Å²) in [5.41, 5.74) is 5.80. The Morgan fingerprint density at radius 2 is 0.965 bits per heavy atom. The molecular formula is C39H42N14O2S2. The van der Waals surface area contributed by atoms with Gasteiger partial charge in [-0.1, -0.05) is 46.9 Å². The highest BCUT2D eigenvalue weighted by atomic mass is 32.1. The Kier molecular flexibility index (Phi) is 12.4. The molecule has 4 N–H and O–H groups in total. The van der Waals surface area contributed by atoms with Crippen molar-refractivity contribution in [3.05, 3.63) is 84.9 Å². The number of para-hydroxylation sites is 2. The van der Waals surface area contributed by atoms with Crippen LogP contribution in [0.1, 0.15) is 27.7 Å². The normalized spacial score (nSPS) is 11.6. The summed E-state index contributed by atoms with van der Waals surface area (Å²) in [6.07, 6.45) is 0. The quantitative estimate of drug-likeness (QED) is 0.0505. The number of nitrogens with one attached hydrogen (secondary N) is 2. The van der Waals surface area contributed by atoms with Crippen LogP contribution in [-0.2, 0) is 0 Å². The average Bonchev–Trinajstić information content (AvgIpc) is 3.85. The Labute approximate surface area is 337 Å². The zero-order valence-corrected chi connectivity index (χ0v) is 33.5. The number of benzene rings is 4. The molecule has 7 rings (SSSR count). The van der Waals surface area contributed by atoms with Crippen molar-refractivity contribution in [1.29, 1.82) is 0 Å². The van der Waals surface area contributed by atoms with Crippen molar-refractivity contribution in [2.24, 2.45) is 20.5 Å². The smallest absolute Gasteiger partial charge is 0.235 e. The molecule has 3 heterocycles. The third kappa shape index (κ3) is 9.10. The molecule has 0 atom stereocenters. The molecule has 0 spiro atoms. The van der Waals surface area contributed by atoms with E-state index in [2.05, 4.69) is 88.5 Å². The van der Waals surface area contributed by atoms with Crippen LogP contribution in [0, 0.1) is 0 Å². The fourth-order valence-electron chi connectivity index (χ4n) is 6.02. The highest BCUT2D eigenvalue weighted by molar-refractivity contribution is 7.22. The molecule has 0 fully saturated rings. The van der Waals surface area contributed by atoms with Gasteiger partial charge in [-0.15, -0.1) is 20.5 Å². The van der Waals surface area contributed by atoms with E-state index in [0.717, 1.165) is 58.0 Å². The fraction of sp³-hybridized carbons (Fsp3) is 0.256. The van der Waals surface area contributed by atoms with E-state index < -0.39 is 13.5 Å². The summed E-state index contributed by atoms with van der Waals surface area (Å²) < 4.78 is 2.03. The van der Waals surface area contributed by atoms with E-state index >= 15 is 0 Å². The zero-order valence-electron chi connectivity index (χ0n) is 31.9. The van der Waals surface area contributed by atoms with Crippen molar-refractivity contribution in [3.8, 4) is 0 Å². The number of hydrogen-bond donors (Lipinski definition) is 4. The number of thiazole rings is 2. The van der Waals surface area contributed by atoms with Crippen molar-refractivity contribution in [1.82, 2.24) is 24.9 Å². The molecule has 16 nitrogen and oxygen atoms in total. The summed E-state index contributed by atoms with van der Waals surface area (Å²) in [7, 11) is 0. The van der Waals surface area contributed by atoms with E-state index in [1.54, 1.807) is 0 Å². The molecule has 18 heteroatoms. The lowest BCUT2D eigenvalue weighted by Gasteiger charge is -2.23. The lowest BCUT2D eigenvalue weighted by molar-refractivity contribution is 0.220. The lowest BCUT2D eigenvalue weighted by atomic mass is 10.2. The first-order chi connectivity index (χ1) is 27.9. The third-order valence-corrected chi connectivity index (χ3v) is 10.9. The fourth-order valence-corrected chi connectivity index (χ4v) is 7.60. The van der Waals surface area contributed by atoms with Gasteiger partial charge in [0.2, 0.25) is 28.1 Å². The number of rotatable bonds is 17. The first-order valence-corrected chi connectivity index (χ1v) is 20.1. The van der Waals surface area contributed by atoms with E-state index in [1.165, 1.54) is 27.6 Å². The minimum Gasteiger partial charge on any atom is -0.376 e. The monoisotopic (exact) mass is 802 g/mol. The molecule has 0 aliphatic rings. The van der Waals surface area contributed by atoms with Gasteiger partial charge >= 0.3 is 0 Å². The van der Waals surface area contributed by atoms with Gasteiger partial charge in [0.05, 0.1) is 31.8 Å². The lowest BCUT2D eigenvalue weighted by Crippen LogP contribution is -2.27. The third-order valence-electron chi connectivity index (χ3n) is 9.01. The van der Waals surface area contributed by atoms with Gasteiger partial charge in [0.25, 0.3) is 0 Å². The summed E-state index contributed by atoms with van der Waals surface area (Å²) in [5, 5.41) is 46.1. The van der Waals surface area contributed by atoms with Gasteiger partial charge in [-0.3, -0.25) is 4.90 Å². The second-order valence-corrected chi connectivity index (χ2v) is 14.4. The van der Waals surface area contributed by atoms with Gasteiger partial charge in [-0.25, -0.2) is 9.97 Å². The largest absolute Gasteiger partial charge is 0.376 e. The van der Waals surface area contributed by atoms with Gasteiger partial charge in [0, 0.05) is 37.6 Å². The van der Waals surface area contributed by atoms with Gasteiger partial charge < -0.3 is 30.6 Å². The summed E-state index contributed by atoms with van der Waals surface area (Å²) in [6.45, 7) is 10.4. The molecular weight excluding hydrogens is 761 g/mol. The molecule has 7 aromatic rings. The zero-order chi connectivity index (χ0) is 39.7. The highest BCUT2D eigenvalue weighted by Crippen LogP contribution is 2.37. The number of fused-ring (bicyclic) bond motifs is 2. The summed E-state index contributed by atoms with van der Waals surface area (Å²) in [6, 6.07) is 27.3. The molecule has 0 amide bonds. The molecule has 0 unspecified atom stereocenters. The van der Waals surface area contributed by atoms with E-state index in [0.29, 0.717) is 33.0 Å². The molecule has 0 saturated carbocycles. The van der Waals surface area contributed by atoms with Crippen LogP contribution in [-0.4, -0.2) is 74.8 Å². The van der Waals surface area contributed by atoms with Crippen LogP contribution in [0.5, 0.6) is 0 Å². The highest BCUT2D eigenvalue weighted by Gasteiger charge is 2.17. The SMILES string of the molecule is CCN(CC)c1ccc(N=Nc2nc3ccccc3s2)c(Nc2nc(Nc3cc(N(CC)CC)ccc3N=Nc3nc4ccccc4s3)nc(N(CO)CO)n2)c1. The van der Waals surface area contributed by atoms with Crippen LogP contribution in [0.4, 0.5) is 62.2 Å². The molecule has 4 aromatic carbocycles. The van der Waals surface area contributed by atoms with Crippen LogP contribution < -0.4 is 25.3 Å². The number of nitrogens with zero attached hydrogens (tertiary/aromatic N) is 12. The maximum Gasteiger partial charge on any atom is 0.235 e. The van der Waals surface area contributed by atoms with Crippen LogP contribution in [0.15, 0.2) is 105 Å². The number of aromatic nitrogens is 5. The summed E-state index contributed by atoms with van der Waals surface area (Å²) in [4.78, 5) is 28.7. The topological polar surface area (TPSA) is 188 Å². The molecule has 0 radical (unpaired) electrons. The second kappa shape index (κ2) is 18.2. The van der Waals surface area contributed by atoms with Gasteiger partial charge in [-0.2, -0.15) is 15.0 Å². The Bertz CT molecular complexity index is 2280. The maximum absolute atomic E-state index is 10.1. The van der Waals surface area contributed by atoms with E-state index in [-0.39, 0.29) is 17.8 Å². The maximum atomic E-state index is 10.1. The number of aliphatic hydroxyl groups is 2. The molecule has 0 bridgehead atoms. The van der Waals surface area contributed by atoms with Gasteiger partial charge in [0.15, 0.2) is 0 Å². The van der Waals surface area contributed by atoms with E-state index in [4.69, 9.17) is 4.98 Å². The Morgan fingerprint density at radius 3 is 1.37 bits per heavy atom. The van der Waals surface area contributed by atoms with Crippen molar-refractivity contribution in [3.63, 3.8) is 0 Å². The number of hydrogen-bond acceptors (Lipinski definition) is 18. The predicted molar refractivity (Wildman–Crippen MR) is 231 cm³/mol. The summed E-state index contributed by atoms with van der Waals surface area (Å²) in [5.74, 6) is 0.273.